The van der Waals surface area contributed by atoms with E-state index >= 15 is 0 Å². The molecule has 0 aliphatic carbocycles. The molecule has 1 unspecified atom stereocenters. The molecule has 1 atom stereocenters. The van der Waals surface area contributed by atoms with Gasteiger partial charge in [0, 0.05) is 13.1 Å². The van der Waals surface area contributed by atoms with Crippen molar-refractivity contribution in [2.45, 2.75) is 71.3 Å². The molecule has 0 aromatic carbocycles. The molecule has 3 heteroatoms. The van der Waals surface area contributed by atoms with Crippen molar-refractivity contribution in [2.75, 3.05) is 13.1 Å². The lowest BCUT2D eigenvalue weighted by atomic mass is 9.88. The van der Waals surface area contributed by atoms with Crippen molar-refractivity contribution in [1.82, 2.24) is 4.90 Å². The average molecular weight is 255 g/mol. The molecule has 1 heterocycles. The first-order chi connectivity index (χ1) is 8.50. The van der Waals surface area contributed by atoms with E-state index in [2.05, 4.69) is 20.8 Å². The van der Waals surface area contributed by atoms with Gasteiger partial charge in [-0.05, 0) is 31.6 Å². The molecule has 106 valence electrons. The summed E-state index contributed by atoms with van der Waals surface area (Å²) in [4.78, 5) is 14.2. The third-order valence-electron chi connectivity index (χ3n) is 3.92. The molecule has 0 spiro atoms. The van der Waals surface area contributed by atoms with E-state index in [1.165, 1.54) is 6.42 Å². The third kappa shape index (κ3) is 4.60. The molecule has 1 amide bonds. The summed E-state index contributed by atoms with van der Waals surface area (Å²) in [6.45, 7) is 8.07. The molecule has 0 bridgehead atoms. The summed E-state index contributed by atoms with van der Waals surface area (Å²) in [5.74, 6) is 0.749. The van der Waals surface area contributed by atoms with Crippen LogP contribution >= 0.6 is 0 Å². The maximum absolute atomic E-state index is 12.3. The van der Waals surface area contributed by atoms with Crippen LogP contribution in [0, 0.1) is 5.92 Å². The number of likely N-dealkylation sites (tertiary alicyclic amines) is 1. The summed E-state index contributed by atoms with van der Waals surface area (Å²) in [5.41, 5.74) is -0.777. The molecule has 1 rings (SSSR count). The van der Waals surface area contributed by atoms with Gasteiger partial charge in [-0.2, -0.15) is 0 Å². The summed E-state index contributed by atoms with van der Waals surface area (Å²) in [7, 11) is 0. The van der Waals surface area contributed by atoms with E-state index in [0.717, 1.165) is 45.2 Å². The Kier molecular flexibility index (Phi) is 6.13. The van der Waals surface area contributed by atoms with Crippen LogP contribution in [-0.2, 0) is 4.79 Å². The Hall–Kier alpha value is -0.570. The largest absolute Gasteiger partial charge is 0.389 e. The Morgan fingerprint density at radius 2 is 1.94 bits per heavy atom. The summed E-state index contributed by atoms with van der Waals surface area (Å²) >= 11 is 0. The first-order valence-electron chi connectivity index (χ1n) is 7.51. The second-order valence-corrected chi connectivity index (χ2v) is 5.99. The Bertz CT molecular complexity index is 259. The second-order valence-electron chi connectivity index (χ2n) is 5.99. The average Bonchev–Trinajstić information content (AvgIpc) is 2.29. The van der Waals surface area contributed by atoms with Gasteiger partial charge in [-0.15, -0.1) is 0 Å². The molecule has 0 saturated carbocycles. The van der Waals surface area contributed by atoms with Crippen LogP contribution in [0.2, 0.25) is 0 Å². The van der Waals surface area contributed by atoms with Crippen molar-refractivity contribution in [3.63, 3.8) is 0 Å². The van der Waals surface area contributed by atoms with Gasteiger partial charge in [0.15, 0.2) is 0 Å². The number of rotatable bonds is 6. The number of aliphatic hydroxyl groups is 1. The fourth-order valence-corrected chi connectivity index (χ4v) is 3.04. The molecule has 1 aliphatic heterocycles. The van der Waals surface area contributed by atoms with Crippen molar-refractivity contribution in [1.29, 1.82) is 0 Å². The van der Waals surface area contributed by atoms with Gasteiger partial charge in [0.1, 0.15) is 0 Å². The molecular formula is C15H29NO2. The predicted octanol–water partition coefficient (Wildman–Crippen LogP) is 2.97. The third-order valence-corrected chi connectivity index (χ3v) is 3.92. The Balaban J connectivity index is 2.54. The minimum absolute atomic E-state index is 0.144. The van der Waals surface area contributed by atoms with Crippen molar-refractivity contribution in [3.8, 4) is 0 Å². The van der Waals surface area contributed by atoms with Gasteiger partial charge in [-0.25, -0.2) is 0 Å². The van der Waals surface area contributed by atoms with Gasteiger partial charge in [-0.3, -0.25) is 4.79 Å². The van der Waals surface area contributed by atoms with Crippen molar-refractivity contribution in [2.24, 2.45) is 5.92 Å². The van der Waals surface area contributed by atoms with E-state index in [1.54, 1.807) is 0 Å². The normalized spacial score (nSPS) is 21.1. The lowest BCUT2D eigenvalue weighted by molar-refractivity contribution is -0.138. The Morgan fingerprint density at radius 3 is 2.44 bits per heavy atom. The zero-order chi connectivity index (χ0) is 13.6. The maximum Gasteiger partial charge on any atom is 0.225 e. The molecule has 1 aliphatic rings. The smallest absolute Gasteiger partial charge is 0.225 e. The maximum atomic E-state index is 12.3. The highest BCUT2D eigenvalue weighted by atomic mass is 16.3. The van der Waals surface area contributed by atoms with Crippen LogP contribution in [0.25, 0.3) is 0 Å². The number of carbonyl (C=O) groups is 1. The fourth-order valence-electron chi connectivity index (χ4n) is 3.04. The molecule has 0 aromatic heterocycles. The standard InChI is InChI=1S/C15H29NO2/c1-4-8-15(18,9-5-2)11-14(17)16-10-6-7-13(3)12-16/h13,18H,4-12H2,1-3H3. The number of piperidine rings is 1. The van der Waals surface area contributed by atoms with Crippen molar-refractivity contribution < 1.29 is 9.90 Å². The SMILES string of the molecule is CCCC(O)(CCC)CC(=O)N1CCCC(C)C1. The Morgan fingerprint density at radius 1 is 1.33 bits per heavy atom. The number of hydrogen-bond acceptors (Lipinski definition) is 2. The summed E-state index contributed by atoms with van der Waals surface area (Å²) in [5, 5.41) is 10.5. The molecule has 1 N–H and O–H groups in total. The molecular weight excluding hydrogens is 226 g/mol. The highest BCUT2D eigenvalue weighted by Gasteiger charge is 2.31. The summed E-state index contributed by atoms with van der Waals surface area (Å²) in [6, 6.07) is 0. The molecule has 1 fully saturated rings. The monoisotopic (exact) mass is 255 g/mol. The molecule has 18 heavy (non-hydrogen) atoms. The molecule has 0 aromatic rings. The second kappa shape index (κ2) is 7.13. The highest BCUT2D eigenvalue weighted by molar-refractivity contribution is 5.77. The highest BCUT2D eigenvalue weighted by Crippen LogP contribution is 2.26. The number of hydrogen-bond donors (Lipinski definition) is 1. The van der Waals surface area contributed by atoms with Crippen molar-refractivity contribution >= 4 is 5.91 Å². The van der Waals surface area contributed by atoms with E-state index in [1.807, 2.05) is 4.90 Å². The zero-order valence-electron chi connectivity index (χ0n) is 12.2. The predicted molar refractivity (Wildman–Crippen MR) is 74.4 cm³/mol. The molecule has 3 nitrogen and oxygen atoms in total. The van der Waals surface area contributed by atoms with E-state index in [-0.39, 0.29) is 5.91 Å². The zero-order valence-corrected chi connectivity index (χ0v) is 12.2. The van der Waals surface area contributed by atoms with Crippen LogP contribution in [0.15, 0.2) is 0 Å². The van der Waals surface area contributed by atoms with E-state index in [9.17, 15) is 9.90 Å². The van der Waals surface area contributed by atoms with Crippen LogP contribution in [0.4, 0.5) is 0 Å². The van der Waals surface area contributed by atoms with Gasteiger partial charge >= 0.3 is 0 Å². The van der Waals surface area contributed by atoms with E-state index in [4.69, 9.17) is 0 Å². The van der Waals surface area contributed by atoms with Gasteiger partial charge < -0.3 is 10.0 Å². The fraction of sp³-hybridized carbons (Fsp3) is 0.933. The summed E-state index contributed by atoms with van der Waals surface area (Å²) < 4.78 is 0. The van der Waals surface area contributed by atoms with Gasteiger partial charge in [-0.1, -0.05) is 33.6 Å². The topological polar surface area (TPSA) is 40.5 Å². The first-order valence-corrected chi connectivity index (χ1v) is 7.51. The lowest BCUT2D eigenvalue weighted by Gasteiger charge is -2.34. The van der Waals surface area contributed by atoms with Crippen LogP contribution in [0.3, 0.4) is 0 Å². The lowest BCUT2D eigenvalue weighted by Crippen LogP contribution is -2.43. The van der Waals surface area contributed by atoms with Gasteiger partial charge in [0.2, 0.25) is 5.91 Å². The quantitative estimate of drug-likeness (QED) is 0.792. The van der Waals surface area contributed by atoms with Gasteiger partial charge in [0.25, 0.3) is 0 Å². The molecule has 1 saturated heterocycles. The molecule has 0 radical (unpaired) electrons. The number of carbonyl (C=O) groups excluding carboxylic acids is 1. The number of nitrogens with zero attached hydrogens (tertiary/aromatic N) is 1. The summed E-state index contributed by atoms with van der Waals surface area (Å²) in [6.07, 6.45) is 5.96. The van der Waals surface area contributed by atoms with Crippen LogP contribution in [0.5, 0.6) is 0 Å². The van der Waals surface area contributed by atoms with Crippen LogP contribution < -0.4 is 0 Å². The minimum Gasteiger partial charge on any atom is -0.389 e. The number of amides is 1. The van der Waals surface area contributed by atoms with Crippen molar-refractivity contribution in [3.05, 3.63) is 0 Å². The van der Waals surface area contributed by atoms with E-state index < -0.39 is 5.60 Å². The van der Waals surface area contributed by atoms with Gasteiger partial charge in [0.05, 0.1) is 12.0 Å². The first kappa shape index (κ1) is 15.5. The van der Waals surface area contributed by atoms with Crippen LogP contribution in [0.1, 0.15) is 65.7 Å². The minimum atomic E-state index is -0.777. The van der Waals surface area contributed by atoms with E-state index in [0.29, 0.717) is 12.3 Å². The van der Waals surface area contributed by atoms with Crippen LogP contribution in [-0.4, -0.2) is 34.6 Å². The Labute approximate surface area is 112 Å².